The van der Waals surface area contributed by atoms with Crippen molar-refractivity contribution in [3.8, 4) is 11.5 Å². The number of nitrogens with one attached hydrogen (secondary N) is 2. The second-order valence-corrected chi connectivity index (χ2v) is 6.93. The number of hydrogen-bond donors (Lipinski definition) is 2. The lowest BCUT2D eigenvalue weighted by Gasteiger charge is -2.17. The second-order valence-electron chi connectivity index (χ2n) is 6.93. The number of ether oxygens (including phenoxy) is 3. The smallest absolute Gasteiger partial charge is 0.311 e. The van der Waals surface area contributed by atoms with Gasteiger partial charge in [-0.05, 0) is 24.3 Å². The molecule has 1 aliphatic rings. The fourth-order valence-electron chi connectivity index (χ4n) is 3.10. The van der Waals surface area contributed by atoms with Crippen molar-refractivity contribution in [2.45, 2.75) is 6.42 Å². The van der Waals surface area contributed by atoms with Crippen LogP contribution in [0.2, 0.25) is 0 Å². The van der Waals surface area contributed by atoms with Gasteiger partial charge in [0.2, 0.25) is 5.91 Å². The highest BCUT2D eigenvalue weighted by Gasteiger charge is 2.36. The van der Waals surface area contributed by atoms with E-state index >= 15 is 0 Å². The Morgan fingerprint density at radius 3 is 2.50 bits per heavy atom. The molecule has 0 aliphatic carbocycles. The van der Waals surface area contributed by atoms with Gasteiger partial charge in [-0.15, -0.1) is 0 Å². The second kappa shape index (κ2) is 10.3. The number of anilines is 1. The van der Waals surface area contributed by atoms with Crippen molar-refractivity contribution in [2.24, 2.45) is 5.92 Å². The Morgan fingerprint density at radius 2 is 1.81 bits per heavy atom. The Hall–Kier alpha value is -4.08. The average molecular weight is 441 g/mol. The third-order valence-electron chi connectivity index (χ3n) is 4.76. The minimum Gasteiger partial charge on any atom is -0.497 e. The molecule has 3 rings (SSSR count). The van der Waals surface area contributed by atoms with Gasteiger partial charge in [-0.1, -0.05) is 18.2 Å². The van der Waals surface area contributed by atoms with E-state index in [9.17, 15) is 19.2 Å². The Bertz CT molecular complexity index is 1010. The molecule has 0 bridgehead atoms. The van der Waals surface area contributed by atoms with E-state index < -0.39 is 36.2 Å². The molecule has 0 aromatic heterocycles. The van der Waals surface area contributed by atoms with Crippen molar-refractivity contribution in [2.75, 3.05) is 32.7 Å². The van der Waals surface area contributed by atoms with E-state index in [1.54, 1.807) is 48.5 Å². The molecule has 1 aliphatic heterocycles. The summed E-state index contributed by atoms with van der Waals surface area (Å²) >= 11 is 0. The van der Waals surface area contributed by atoms with Crippen LogP contribution in [0, 0.1) is 5.92 Å². The van der Waals surface area contributed by atoms with Crippen LogP contribution in [0.3, 0.4) is 0 Å². The van der Waals surface area contributed by atoms with E-state index in [1.165, 1.54) is 14.2 Å². The minimum absolute atomic E-state index is 0.0401. The maximum absolute atomic E-state index is 12.3. The quantitative estimate of drug-likeness (QED) is 0.593. The molecule has 1 atom stereocenters. The summed E-state index contributed by atoms with van der Waals surface area (Å²) < 4.78 is 15.4. The van der Waals surface area contributed by atoms with Gasteiger partial charge in [-0.3, -0.25) is 29.6 Å². The average Bonchev–Trinajstić information content (AvgIpc) is 3.18. The van der Waals surface area contributed by atoms with Crippen molar-refractivity contribution in [1.29, 1.82) is 0 Å². The van der Waals surface area contributed by atoms with Gasteiger partial charge in [0, 0.05) is 18.1 Å². The van der Waals surface area contributed by atoms with Crippen LogP contribution in [0.4, 0.5) is 5.69 Å². The lowest BCUT2D eigenvalue weighted by molar-refractivity contribution is -0.151. The van der Waals surface area contributed by atoms with E-state index in [0.717, 1.165) is 5.01 Å². The highest BCUT2D eigenvalue weighted by molar-refractivity contribution is 5.97. The Morgan fingerprint density at radius 1 is 1.06 bits per heavy atom. The molecule has 0 unspecified atom stereocenters. The number of esters is 1. The van der Waals surface area contributed by atoms with E-state index in [0.29, 0.717) is 22.7 Å². The summed E-state index contributed by atoms with van der Waals surface area (Å²) in [5, 5.41) is 3.67. The first-order valence-corrected chi connectivity index (χ1v) is 9.76. The molecule has 168 valence electrons. The molecule has 10 nitrogen and oxygen atoms in total. The Balaban J connectivity index is 1.50. The number of amides is 3. The number of rotatable bonds is 8. The monoisotopic (exact) mass is 441 g/mol. The molecule has 1 heterocycles. The van der Waals surface area contributed by atoms with E-state index in [-0.39, 0.29) is 13.0 Å². The third-order valence-corrected chi connectivity index (χ3v) is 4.76. The van der Waals surface area contributed by atoms with Gasteiger partial charge in [0.1, 0.15) is 11.5 Å². The summed E-state index contributed by atoms with van der Waals surface area (Å²) in [6, 6.07) is 13.3. The highest BCUT2D eigenvalue weighted by Crippen LogP contribution is 2.28. The summed E-state index contributed by atoms with van der Waals surface area (Å²) in [6.07, 6.45) is -0.126. The van der Waals surface area contributed by atoms with Crippen LogP contribution in [0.25, 0.3) is 0 Å². The normalized spacial score (nSPS) is 15.1. The third kappa shape index (κ3) is 5.54. The topological polar surface area (TPSA) is 123 Å². The molecule has 0 saturated carbocycles. The van der Waals surface area contributed by atoms with Crippen LogP contribution in [-0.2, 0) is 19.1 Å². The summed E-state index contributed by atoms with van der Waals surface area (Å²) in [6.45, 7) is -0.582. The van der Waals surface area contributed by atoms with Crippen LogP contribution in [0.15, 0.2) is 48.5 Å². The fraction of sp³-hybridized carbons (Fsp3) is 0.273. The van der Waals surface area contributed by atoms with Crippen LogP contribution < -0.4 is 20.2 Å². The summed E-state index contributed by atoms with van der Waals surface area (Å²) in [5.41, 5.74) is 3.23. The van der Waals surface area contributed by atoms with Gasteiger partial charge in [-0.25, -0.2) is 0 Å². The highest BCUT2D eigenvalue weighted by atomic mass is 16.5. The van der Waals surface area contributed by atoms with Crippen molar-refractivity contribution in [1.82, 2.24) is 10.4 Å². The first kappa shape index (κ1) is 22.6. The number of carbonyl (C=O) groups is 4. The first-order valence-electron chi connectivity index (χ1n) is 9.76. The summed E-state index contributed by atoms with van der Waals surface area (Å²) in [5.74, 6) is -2.03. The zero-order valence-corrected chi connectivity index (χ0v) is 17.6. The van der Waals surface area contributed by atoms with Crippen molar-refractivity contribution in [3.05, 3.63) is 54.1 Å². The molecule has 0 radical (unpaired) electrons. The van der Waals surface area contributed by atoms with Gasteiger partial charge in [0.25, 0.3) is 11.8 Å². The lowest BCUT2D eigenvalue weighted by atomic mass is 10.1. The summed E-state index contributed by atoms with van der Waals surface area (Å²) in [7, 11) is 2.95. The van der Waals surface area contributed by atoms with Gasteiger partial charge < -0.3 is 19.5 Å². The maximum Gasteiger partial charge on any atom is 0.311 e. The molecule has 2 aromatic carbocycles. The van der Waals surface area contributed by atoms with E-state index in [2.05, 4.69) is 10.7 Å². The number of hydrazine groups is 1. The fourth-order valence-corrected chi connectivity index (χ4v) is 3.10. The molecular formula is C22H23N3O7. The number of benzene rings is 2. The van der Waals surface area contributed by atoms with Crippen LogP contribution in [0.5, 0.6) is 11.5 Å². The van der Waals surface area contributed by atoms with Crippen molar-refractivity contribution in [3.63, 3.8) is 0 Å². The van der Waals surface area contributed by atoms with Gasteiger partial charge in [0.15, 0.2) is 6.61 Å². The minimum atomic E-state index is -0.794. The molecule has 3 amide bonds. The molecule has 2 aromatic rings. The van der Waals surface area contributed by atoms with Crippen LogP contribution in [0.1, 0.15) is 16.8 Å². The van der Waals surface area contributed by atoms with Gasteiger partial charge in [0.05, 0.1) is 32.4 Å². The molecular weight excluding hydrogens is 418 g/mol. The standard InChI is InChI=1S/C22H23N3O7/c1-30-16-8-9-18(31-2)17(11-16)23-19(26)13-32-22(29)15-10-20(27)25(12-15)24-21(28)14-6-4-3-5-7-14/h3-9,11,15H,10,12-13H2,1-2H3,(H,23,26)(H,24,28)/t15-/m0/s1. The van der Waals surface area contributed by atoms with E-state index in [1.807, 2.05) is 0 Å². The Kier molecular flexibility index (Phi) is 7.27. The Labute approximate surface area is 184 Å². The largest absolute Gasteiger partial charge is 0.497 e. The van der Waals surface area contributed by atoms with Crippen LogP contribution in [-0.4, -0.2) is 56.1 Å². The van der Waals surface area contributed by atoms with Gasteiger partial charge >= 0.3 is 5.97 Å². The number of carbonyl (C=O) groups excluding carboxylic acids is 4. The maximum atomic E-state index is 12.3. The number of nitrogens with zero attached hydrogens (tertiary/aromatic N) is 1. The lowest BCUT2D eigenvalue weighted by Crippen LogP contribution is -2.43. The zero-order valence-electron chi connectivity index (χ0n) is 17.6. The molecule has 10 heteroatoms. The molecule has 32 heavy (non-hydrogen) atoms. The predicted molar refractivity (Wildman–Crippen MR) is 113 cm³/mol. The number of methoxy groups -OCH3 is 2. The van der Waals surface area contributed by atoms with Gasteiger partial charge in [-0.2, -0.15) is 0 Å². The van der Waals surface area contributed by atoms with Crippen molar-refractivity contribution < 1.29 is 33.4 Å². The van der Waals surface area contributed by atoms with Crippen LogP contribution >= 0.6 is 0 Å². The zero-order chi connectivity index (χ0) is 23.1. The first-order chi connectivity index (χ1) is 15.4. The summed E-state index contributed by atoms with van der Waals surface area (Å²) in [4.78, 5) is 48.9. The predicted octanol–water partition coefficient (Wildman–Crippen LogP) is 1.38. The molecule has 0 spiro atoms. The molecule has 2 N–H and O–H groups in total. The SMILES string of the molecule is COc1ccc(OC)c(NC(=O)COC(=O)[C@H]2CC(=O)N(NC(=O)c3ccccc3)C2)c1. The number of hydrogen-bond acceptors (Lipinski definition) is 7. The molecule has 1 saturated heterocycles. The van der Waals surface area contributed by atoms with E-state index in [4.69, 9.17) is 14.2 Å². The van der Waals surface area contributed by atoms with Crippen molar-refractivity contribution >= 4 is 29.4 Å². The molecule has 1 fully saturated rings.